The number of allylic oxidation sites excluding steroid dienone is 1. The molecule has 0 atom stereocenters. The molecule has 0 spiro atoms. The predicted molar refractivity (Wildman–Crippen MR) is 62.0 cm³/mol. The fraction of sp³-hybridized carbons (Fsp3) is 0.308. The van der Waals surface area contributed by atoms with Gasteiger partial charge in [-0.2, -0.15) is 0 Å². The van der Waals surface area contributed by atoms with E-state index in [-0.39, 0.29) is 0 Å². The first-order valence-corrected chi connectivity index (χ1v) is 5.24. The minimum absolute atomic E-state index is 0.340. The zero-order valence-electron chi connectivity index (χ0n) is 8.94. The molecule has 0 saturated heterocycles. The zero-order chi connectivity index (χ0) is 11.1. The van der Waals surface area contributed by atoms with Crippen LogP contribution in [-0.2, 0) is 0 Å². The van der Waals surface area contributed by atoms with Gasteiger partial charge < -0.3 is 5.11 Å². The molecule has 0 aliphatic heterocycles. The maximum Gasteiger partial charge on any atom is 0.335 e. The summed E-state index contributed by atoms with van der Waals surface area (Å²) in [6.07, 6.45) is 7.47. The fourth-order valence-electron chi connectivity index (χ4n) is 1.32. The molecule has 1 rings (SSSR count). The lowest BCUT2D eigenvalue weighted by atomic mass is 10.1. The largest absolute Gasteiger partial charge is 0.478 e. The summed E-state index contributed by atoms with van der Waals surface area (Å²) in [5.74, 6) is -0.876. The van der Waals surface area contributed by atoms with E-state index in [2.05, 4.69) is 13.0 Å². The van der Waals surface area contributed by atoms with Crippen LogP contribution in [0.25, 0.3) is 6.08 Å². The van der Waals surface area contributed by atoms with E-state index in [0.29, 0.717) is 5.56 Å². The van der Waals surface area contributed by atoms with Crippen LogP contribution in [-0.4, -0.2) is 11.1 Å². The Labute approximate surface area is 90.3 Å². The number of benzene rings is 1. The highest BCUT2D eigenvalue weighted by Crippen LogP contribution is 2.08. The summed E-state index contributed by atoms with van der Waals surface area (Å²) in [5.41, 5.74) is 1.29. The lowest BCUT2D eigenvalue weighted by Gasteiger charge is -1.96. The fourth-order valence-corrected chi connectivity index (χ4v) is 1.32. The van der Waals surface area contributed by atoms with Crippen LogP contribution in [0.5, 0.6) is 0 Å². The second kappa shape index (κ2) is 6.02. The summed E-state index contributed by atoms with van der Waals surface area (Å²) in [4.78, 5) is 10.7. The maximum absolute atomic E-state index is 10.7. The van der Waals surface area contributed by atoms with Crippen molar-refractivity contribution < 1.29 is 9.90 Å². The Bertz CT molecular complexity index is 353. The number of aromatic carboxylic acids is 1. The molecular weight excluding hydrogens is 188 g/mol. The van der Waals surface area contributed by atoms with Gasteiger partial charge >= 0.3 is 5.97 Å². The Hall–Kier alpha value is -1.57. The summed E-state index contributed by atoms with van der Waals surface area (Å²) in [6.45, 7) is 2.15. The van der Waals surface area contributed by atoms with Gasteiger partial charge in [0, 0.05) is 0 Å². The van der Waals surface area contributed by atoms with Crippen molar-refractivity contribution in [3.05, 3.63) is 41.5 Å². The predicted octanol–water partition coefficient (Wildman–Crippen LogP) is 3.59. The molecule has 1 N–H and O–H groups in total. The van der Waals surface area contributed by atoms with Gasteiger partial charge in [0.25, 0.3) is 0 Å². The van der Waals surface area contributed by atoms with Crippen molar-refractivity contribution in [1.29, 1.82) is 0 Å². The normalized spacial score (nSPS) is 10.7. The molecule has 15 heavy (non-hydrogen) atoms. The third-order valence-electron chi connectivity index (χ3n) is 2.17. The molecule has 0 saturated carbocycles. The van der Waals surface area contributed by atoms with Gasteiger partial charge in [-0.15, -0.1) is 0 Å². The topological polar surface area (TPSA) is 37.3 Å². The summed E-state index contributed by atoms with van der Waals surface area (Å²) in [7, 11) is 0. The summed E-state index contributed by atoms with van der Waals surface area (Å²) in [6, 6.07) is 6.97. The minimum Gasteiger partial charge on any atom is -0.478 e. The van der Waals surface area contributed by atoms with Crippen LogP contribution in [0.1, 0.15) is 42.1 Å². The van der Waals surface area contributed by atoms with Crippen LogP contribution < -0.4 is 0 Å². The van der Waals surface area contributed by atoms with Crippen LogP contribution in [0.4, 0.5) is 0 Å². The van der Waals surface area contributed by atoms with Crippen molar-refractivity contribution in [2.75, 3.05) is 0 Å². The average molecular weight is 204 g/mol. The van der Waals surface area contributed by atoms with Crippen molar-refractivity contribution in [3.63, 3.8) is 0 Å². The number of carboxylic acid groups (broad SMARTS) is 1. The van der Waals surface area contributed by atoms with Crippen molar-refractivity contribution in [1.82, 2.24) is 0 Å². The molecular formula is C13H16O2. The molecule has 0 aromatic heterocycles. The molecule has 0 unspecified atom stereocenters. The lowest BCUT2D eigenvalue weighted by Crippen LogP contribution is -1.95. The second-order valence-corrected chi connectivity index (χ2v) is 3.48. The highest BCUT2D eigenvalue weighted by molar-refractivity contribution is 5.88. The van der Waals surface area contributed by atoms with E-state index in [0.717, 1.165) is 12.0 Å². The molecule has 1 aromatic carbocycles. The Morgan fingerprint density at radius 2 is 2.27 bits per heavy atom. The lowest BCUT2D eigenvalue weighted by molar-refractivity contribution is 0.0697. The smallest absolute Gasteiger partial charge is 0.335 e. The summed E-state index contributed by atoms with van der Waals surface area (Å²) in [5, 5.41) is 8.79. The van der Waals surface area contributed by atoms with Gasteiger partial charge in [0.15, 0.2) is 0 Å². The summed E-state index contributed by atoms with van der Waals surface area (Å²) >= 11 is 0. The standard InChI is InChI=1S/C13H16O2/c1-2-3-4-5-7-11-8-6-9-12(10-11)13(14)15/h5-10H,2-4H2,1H3,(H,14,15)/b7-5-. The summed E-state index contributed by atoms with van der Waals surface area (Å²) < 4.78 is 0. The Balaban J connectivity index is 2.65. The van der Waals surface area contributed by atoms with E-state index in [1.165, 1.54) is 12.8 Å². The number of rotatable bonds is 5. The molecule has 2 heteroatoms. The second-order valence-electron chi connectivity index (χ2n) is 3.48. The van der Waals surface area contributed by atoms with Gasteiger partial charge in [-0.1, -0.05) is 44.1 Å². The van der Waals surface area contributed by atoms with Gasteiger partial charge in [-0.3, -0.25) is 0 Å². The molecule has 2 nitrogen and oxygen atoms in total. The highest BCUT2D eigenvalue weighted by atomic mass is 16.4. The van der Waals surface area contributed by atoms with Crippen LogP contribution >= 0.6 is 0 Å². The quantitative estimate of drug-likeness (QED) is 0.744. The monoisotopic (exact) mass is 204 g/mol. The van der Waals surface area contributed by atoms with Crippen LogP contribution in [0.2, 0.25) is 0 Å². The van der Waals surface area contributed by atoms with E-state index in [1.807, 2.05) is 12.1 Å². The number of carboxylic acids is 1. The molecule has 1 aromatic rings. The highest BCUT2D eigenvalue weighted by Gasteiger charge is 2.00. The molecule has 0 amide bonds. The van der Waals surface area contributed by atoms with Gasteiger partial charge in [0.1, 0.15) is 0 Å². The third kappa shape index (κ3) is 3.98. The Morgan fingerprint density at radius 3 is 2.93 bits per heavy atom. The molecule has 0 fully saturated rings. The molecule has 80 valence electrons. The molecule has 0 heterocycles. The Morgan fingerprint density at radius 1 is 1.47 bits per heavy atom. The van der Waals surface area contributed by atoms with E-state index in [9.17, 15) is 4.79 Å². The van der Waals surface area contributed by atoms with Crippen LogP contribution in [0.3, 0.4) is 0 Å². The van der Waals surface area contributed by atoms with Crippen LogP contribution in [0.15, 0.2) is 30.3 Å². The first kappa shape index (κ1) is 11.5. The minimum atomic E-state index is -0.876. The van der Waals surface area contributed by atoms with E-state index >= 15 is 0 Å². The van der Waals surface area contributed by atoms with Gasteiger partial charge in [-0.05, 0) is 24.1 Å². The molecule has 0 aliphatic carbocycles. The first-order valence-electron chi connectivity index (χ1n) is 5.24. The molecule has 0 radical (unpaired) electrons. The van der Waals surface area contributed by atoms with E-state index < -0.39 is 5.97 Å². The molecule has 0 bridgehead atoms. The average Bonchev–Trinajstić information content (AvgIpc) is 2.25. The Kier molecular flexibility index (Phi) is 4.61. The van der Waals surface area contributed by atoms with Crippen molar-refractivity contribution >= 4 is 12.0 Å². The van der Waals surface area contributed by atoms with Gasteiger partial charge in [0.05, 0.1) is 5.56 Å². The van der Waals surface area contributed by atoms with Crippen molar-refractivity contribution in [2.45, 2.75) is 26.2 Å². The third-order valence-corrected chi connectivity index (χ3v) is 2.17. The van der Waals surface area contributed by atoms with Crippen molar-refractivity contribution in [3.8, 4) is 0 Å². The van der Waals surface area contributed by atoms with E-state index in [1.54, 1.807) is 18.2 Å². The number of hydrogen-bond donors (Lipinski definition) is 1. The van der Waals surface area contributed by atoms with Gasteiger partial charge in [0.2, 0.25) is 0 Å². The molecule has 0 aliphatic rings. The van der Waals surface area contributed by atoms with Crippen molar-refractivity contribution in [2.24, 2.45) is 0 Å². The number of hydrogen-bond acceptors (Lipinski definition) is 1. The number of carbonyl (C=O) groups is 1. The number of unbranched alkanes of at least 4 members (excludes halogenated alkanes) is 2. The van der Waals surface area contributed by atoms with Crippen LogP contribution in [0, 0.1) is 0 Å². The van der Waals surface area contributed by atoms with Gasteiger partial charge in [-0.25, -0.2) is 4.79 Å². The SMILES string of the molecule is CCCC/C=C\c1cccc(C(=O)O)c1. The first-order chi connectivity index (χ1) is 7.24. The maximum atomic E-state index is 10.7. The zero-order valence-corrected chi connectivity index (χ0v) is 8.94. The van der Waals surface area contributed by atoms with E-state index in [4.69, 9.17) is 5.11 Å².